The highest BCUT2D eigenvalue weighted by molar-refractivity contribution is 6.01. The predicted molar refractivity (Wildman–Crippen MR) is 87.8 cm³/mol. The number of anilines is 1. The smallest absolute Gasteiger partial charge is 0.433 e. The van der Waals surface area contributed by atoms with Crippen LogP contribution in [0.3, 0.4) is 0 Å². The number of amides is 1. The molecule has 2 heterocycles. The Hall–Kier alpha value is -2.20. The summed E-state index contributed by atoms with van der Waals surface area (Å²) in [6, 6.07) is 3.13. The molecule has 1 saturated heterocycles. The number of nitrogens with zero attached hydrogens (tertiary/aromatic N) is 2. The number of carbonyl (C=O) groups is 2. The van der Waals surface area contributed by atoms with Gasteiger partial charge in [0.05, 0.1) is 13.2 Å². The first-order chi connectivity index (χ1) is 12.2. The first kappa shape index (κ1) is 21.1. The molecule has 0 spiro atoms. The van der Waals surface area contributed by atoms with E-state index in [1.54, 1.807) is 20.8 Å². The number of esters is 1. The van der Waals surface area contributed by atoms with E-state index in [9.17, 15) is 27.9 Å². The second-order valence-electron chi connectivity index (χ2n) is 7.27. The van der Waals surface area contributed by atoms with Crippen molar-refractivity contribution in [1.29, 1.82) is 0 Å². The molecule has 1 aromatic heterocycles. The third kappa shape index (κ3) is 4.75. The quantitative estimate of drug-likeness (QED) is 0.794. The maximum atomic E-state index is 12.9. The summed E-state index contributed by atoms with van der Waals surface area (Å²) in [4.78, 5) is 29.4. The van der Waals surface area contributed by atoms with Crippen molar-refractivity contribution in [1.82, 2.24) is 4.98 Å². The van der Waals surface area contributed by atoms with Crippen LogP contribution >= 0.6 is 0 Å². The van der Waals surface area contributed by atoms with Gasteiger partial charge in [0.2, 0.25) is 0 Å². The van der Waals surface area contributed by atoms with Crippen molar-refractivity contribution in [3.8, 4) is 0 Å². The molecule has 0 aromatic carbocycles. The van der Waals surface area contributed by atoms with Gasteiger partial charge in [0, 0.05) is 0 Å². The molecule has 7 nitrogen and oxygen atoms in total. The van der Waals surface area contributed by atoms with Gasteiger partial charge in [0.1, 0.15) is 17.1 Å². The summed E-state index contributed by atoms with van der Waals surface area (Å²) in [6.45, 7) is 5.64. The Labute approximate surface area is 154 Å². The highest BCUT2D eigenvalue weighted by Crippen LogP contribution is 2.30. The molecule has 1 aliphatic rings. The molecule has 1 amide bonds. The second kappa shape index (κ2) is 7.08. The Morgan fingerprint density at radius 1 is 1.30 bits per heavy atom. The lowest BCUT2D eigenvalue weighted by molar-refractivity contribution is -0.194. The first-order valence-corrected chi connectivity index (χ1v) is 8.16. The molecule has 0 radical (unpaired) electrons. The zero-order valence-corrected chi connectivity index (χ0v) is 15.3. The third-order valence-corrected chi connectivity index (χ3v) is 3.71. The van der Waals surface area contributed by atoms with E-state index >= 15 is 0 Å². The second-order valence-corrected chi connectivity index (χ2v) is 7.27. The van der Waals surface area contributed by atoms with Gasteiger partial charge < -0.3 is 14.6 Å². The lowest BCUT2D eigenvalue weighted by atomic mass is 9.96. The van der Waals surface area contributed by atoms with E-state index in [-0.39, 0.29) is 19.0 Å². The number of aromatic nitrogens is 1. The summed E-state index contributed by atoms with van der Waals surface area (Å²) in [7, 11) is 0. The zero-order chi connectivity index (χ0) is 20.6. The molecule has 2 rings (SSSR count). The van der Waals surface area contributed by atoms with Crippen LogP contribution in [-0.2, 0) is 25.2 Å². The fourth-order valence-electron chi connectivity index (χ4n) is 2.43. The van der Waals surface area contributed by atoms with Gasteiger partial charge in [-0.25, -0.2) is 9.78 Å². The van der Waals surface area contributed by atoms with Crippen LogP contribution in [-0.4, -0.2) is 52.4 Å². The van der Waals surface area contributed by atoms with Gasteiger partial charge in [0.15, 0.2) is 11.7 Å². The van der Waals surface area contributed by atoms with Crippen molar-refractivity contribution in [3.05, 3.63) is 23.9 Å². The van der Waals surface area contributed by atoms with Crippen LogP contribution in [0.2, 0.25) is 0 Å². The molecule has 1 N–H and O–H groups in total. The van der Waals surface area contributed by atoms with Gasteiger partial charge >= 0.3 is 12.1 Å². The number of hydrogen-bond acceptors (Lipinski definition) is 6. The Bertz CT molecular complexity index is 728. The highest BCUT2D eigenvalue weighted by atomic mass is 19.4. The van der Waals surface area contributed by atoms with Gasteiger partial charge in [-0.1, -0.05) is 6.07 Å². The number of hydrogen-bond donors (Lipinski definition) is 1. The Morgan fingerprint density at radius 3 is 2.48 bits per heavy atom. The van der Waals surface area contributed by atoms with Gasteiger partial charge in [-0.05, 0) is 39.8 Å². The van der Waals surface area contributed by atoms with Crippen LogP contribution in [0.4, 0.5) is 19.0 Å². The van der Waals surface area contributed by atoms with Crippen LogP contribution in [0.5, 0.6) is 0 Å². The van der Waals surface area contributed by atoms with Gasteiger partial charge in [0.25, 0.3) is 5.91 Å². The fraction of sp³-hybridized carbons (Fsp3) is 0.588. The van der Waals surface area contributed by atoms with Crippen LogP contribution in [0, 0.1) is 0 Å². The molecular formula is C17H21F3N2O5. The third-order valence-electron chi connectivity index (χ3n) is 3.71. The standard InChI is InChI=1S/C17H21F3N2O5/c1-15(2,3)27-14(24)16(4,25)12-13(23)22(8-9-26-12)11-7-5-6-10(21-11)17(18,19)20/h5-7,12,25H,8-9H2,1-4H3/t12-,16+/m0/s1. The van der Waals surface area contributed by atoms with Crippen LogP contribution in [0.1, 0.15) is 33.4 Å². The first-order valence-electron chi connectivity index (χ1n) is 8.16. The summed E-state index contributed by atoms with van der Waals surface area (Å²) in [6.07, 6.45) is -6.32. The Kier molecular flexibility index (Phi) is 5.53. The van der Waals surface area contributed by atoms with Crippen molar-refractivity contribution in [3.63, 3.8) is 0 Å². The van der Waals surface area contributed by atoms with Crippen molar-refractivity contribution in [2.45, 2.75) is 51.2 Å². The number of carbonyl (C=O) groups excluding carboxylic acids is 2. The normalized spacial score (nSPS) is 21.0. The maximum absolute atomic E-state index is 12.9. The maximum Gasteiger partial charge on any atom is 0.433 e. The van der Waals surface area contributed by atoms with Crippen LogP contribution in [0.25, 0.3) is 0 Å². The minimum Gasteiger partial charge on any atom is -0.458 e. The van der Waals surface area contributed by atoms with E-state index in [4.69, 9.17) is 9.47 Å². The van der Waals surface area contributed by atoms with Crippen molar-refractivity contribution in [2.75, 3.05) is 18.1 Å². The monoisotopic (exact) mass is 390 g/mol. The predicted octanol–water partition coefficient (Wildman–Crippen LogP) is 1.92. The van der Waals surface area contributed by atoms with E-state index in [0.29, 0.717) is 0 Å². The van der Waals surface area contributed by atoms with Gasteiger partial charge in [-0.15, -0.1) is 0 Å². The minimum absolute atomic E-state index is 0.0754. The minimum atomic E-state index is -4.67. The van der Waals surface area contributed by atoms with Crippen LogP contribution in [0.15, 0.2) is 18.2 Å². The zero-order valence-electron chi connectivity index (χ0n) is 15.3. The number of aliphatic hydroxyl groups is 1. The SMILES string of the molecule is CC(C)(C)OC(=O)[C@](C)(O)[C@H]1OCCN(c2cccc(C(F)(F)F)n2)C1=O. The summed E-state index contributed by atoms with van der Waals surface area (Å²) in [5.41, 5.74) is -4.40. The lowest BCUT2D eigenvalue weighted by Gasteiger charge is -2.38. The van der Waals surface area contributed by atoms with Crippen molar-refractivity contribution < 1.29 is 37.3 Å². The van der Waals surface area contributed by atoms with E-state index in [1.165, 1.54) is 6.07 Å². The van der Waals surface area contributed by atoms with E-state index in [2.05, 4.69) is 4.98 Å². The number of pyridine rings is 1. The topological polar surface area (TPSA) is 89.0 Å². The molecule has 0 unspecified atom stereocenters. The molecule has 1 aromatic rings. The average Bonchev–Trinajstić information content (AvgIpc) is 2.52. The molecule has 0 bridgehead atoms. The molecular weight excluding hydrogens is 369 g/mol. The molecule has 10 heteroatoms. The number of ether oxygens (including phenoxy) is 2. The summed E-state index contributed by atoms with van der Waals surface area (Å²) < 4.78 is 49.0. The molecule has 1 aliphatic heterocycles. The molecule has 0 aliphatic carbocycles. The van der Waals surface area contributed by atoms with E-state index in [1.807, 2.05) is 0 Å². The summed E-state index contributed by atoms with van der Waals surface area (Å²) in [5.74, 6) is -2.21. The highest BCUT2D eigenvalue weighted by Gasteiger charge is 2.50. The summed E-state index contributed by atoms with van der Waals surface area (Å²) in [5, 5.41) is 10.5. The van der Waals surface area contributed by atoms with Gasteiger partial charge in [-0.3, -0.25) is 9.69 Å². The average molecular weight is 390 g/mol. The largest absolute Gasteiger partial charge is 0.458 e. The Morgan fingerprint density at radius 2 is 1.93 bits per heavy atom. The van der Waals surface area contributed by atoms with E-state index in [0.717, 1.165) is 24.0 Å². The van der Waals surface area contributed by atoms with Crippen LogP contribution < -0.4 is 4.90 Å². The Balaban J connectivity index is 2.29. The number of rotatable bonds is 3. The molecule has 27 heavy (non-hydrogen) atoms. The molecule has 0 saturated carbocycles. The number of halogens is 3. The molecule has 150 valence electrons. The van der Waals surface area contributed by atoms with Gasteiger partial charge in [-0.2, -0.15) is 13.2 Å². The fourth-order valence-corrected chi connectivity index (χ4v) is 2.43. The van der Waals surface area contributed by atoms with E-state index < -0.39 is 41.1 Å². The number of morpholine rings is 1. The van der Waals surface area contributed by atoms with Crippen molar-refractivity contribution >= 4 is 17.7 Å². The van der Waals surface area contributed by atoms with Crippen molar-refractivity contribution in [2.24, 2.45) is 0 Å². The lowest BCUT2D eigenvalue weighted by Crippen LogP contribution is -2.61. The molecule has 2 atom stereocenters. The molecule has 1 fully saturated rings. The number of alkyl halides is 3. The summed E-state index contributed by atoms with van der Waals surface area (Å²) >= 11 is 0.